The second-order valence-electron chi connectivity index (χ2n) is 4.61. The van der Waals surface area contributed by atoms with Crippen LogP contribution in [0.1, 0.15) is 25.5 Å². The van der Waals surface area contributed by atoms with Gasteiger partial charge in [0.15, 0.2) is 0 Å². The van der Waals surface area contributed by atoms with Gasteiger partial charge in [-0.2, -0.15) is 0 Å². The van der Waals surface area contributed by atoms with Crippen LogP contribution in [0.2, 0.25) is 10.0 Å². The van der Waals surface area contributed by atoms with Crippen LogP contribution in [0, 0.1) is 5.82 Å². The first-order chi connectivity index (χ1) is 10.0. The third kappa shape index (κ3) is 4.02. The Hall–Kier alpha value is -1.45. The normalized spacial score (nSPS) is 12.0. The first-order valence-electron chi connectivity index (χ1n) is 6.65. The maximum atomic E-state index is 13.5. The molecule has 0 aliphatic heterocycles. The fraction of sp³-hybridized carbons (Fsp3) is 0.250. The van der Waals surface area contributed by atoms with Crippen LogP contribution in [0.5, 0.6) is 5.75 Å². The molecule has 1 atom stereocenters. The van der Waals surface area contributed by atoms with Crippen LogP contribution in [0.4, 0.5) is 10.1 Å². The van der Waals surface area contributed by atoms with Crippen LogP contribution in [-0.4, -0.2) is 6.61 Å². The molecule has 2 nitrogen and oxygen atoms in total. The molecule has 1 N–H and O–H groups in total. The van der Waals surface area contributed by atoms with E-state index in [2.05, 4.69) is 5.32 Å². The highest BCUT2D eigenvalue weighted by Crippen LogP contribution is 2.31. The standard InChI is InChI=1S/C16H16Cl2FNO/c1-3-21-16-7-5-12(17)9-15(16)20-10(2)11-4-6-13(18)14(19)8-11/h4-10,20H,3H2,1-2H3. The molecule has 0 spiro atoms. The van der Waals surface area contributed by atoms with Crippen molar-refractivity contribution in [3.63, 3.8) is 0 Å². The fourth-order valence-electron chi connectivity index (χ4n) is 1.99. The second-order valence-corrected chi connectivity index (χ2v) is 5.46. The average molecular weight is 328 g/mol. The minimum absolute atomic E-state index is 0.115. The van der Waals surface area contributed by atoms with Crippen molar-refractivity contribution in [1.82, 2.24) is 0 Å². The summed E-state index contributed by atoms with van der Waals surface area (Å²) in [6.45, 7) is 4.40. The molecule has 112 valence electrons. The van der Waals surface area contributed by atoms with E-state index in [1.54, 1.807) is 24.3 Å². The number of halogens is 3. The summed E-state index contributed by atoms with van der Waals surface area (Å²) in [4.78, 5) is 0. The molecule has 0 aliphatic rings. The van der Waals surface area contributed by atoms with E-state index >= 15 is 0 Å². The van der Waals surface area contributed by atoms with Gasteiger partial charge >= 0.3 is 0 Å². The number of ether oxygens (including phenoxy) is 1. The van der Waals surface area contributed by atoms with Crippen LogP contribution in [-0.2, 0) is 0 Å². The summed E-state index contributed by atoms with van der Waals surface area (Å²) in [6, 6.07) is 10.0. The molecule has 2 aromatic rings. The third-order valence-corrected chi connectivity index (χ3v) is 3.60. The number of nitrogens with one attached hydrogen (secondary N) is 1. The molecular weight excluding hydrogens is 312 g/mol. The Morgan fingerprint density at radius 1 is 1.19 bits per heavy atom. The van der Waals surface area contributed by atoms with E-state index in [4.69, 9.17) is 27.9 Å². The summed E-state index contributed by atoms with van der Waals surface area (Å²) >= 11 is 11.7. The van der Waals surface area contributed by atoms with Gasteiger partial charge in [-0.1, -0.05) is 29.3 Å². The first-order valence-corrected chi connectivity index (χ1v) is 7.40. The fourth-order valence-corrected chi connectivity index (χ4v) is 2.28. The lowest BCUT2D eigenvalue weighted by atomic mass is 10.1. The van der Waals surface area contributed by atoms with Gasteiger partial charge < -0.3 is 10.1 Å². The summed E-state index contributed by atoms with van der Waals surface area (Å²) in [5.74, 6) is 0.280. The van der Waals surface area contributed by atoms with E-state index in [0.29, 0.717) is 17.4 Å². The number of benzene rings is 2. The van der Waals surface area contributed by atoms with Gasteiger partial charge in [-0.15, -0.1) is 0 Å². The van der Waals surface area contributed by atoms with E-state index in [1.165, 1.54) is 6.07 Å². The summed E-state index contributed by atoms with van der Waals surface area (Å²) in [5.41, 5.74) is 1.56. The highest BCUT2D eigenvalue weighted by molar-refractivity contribution is 6.31. The van der Waals surface area contributed by atoms with Crippen molar-refractivity contribution >= 4 is 28.9 Å². The van der Waals surface area contributed by atoms with E-state index in [1.807, 2.05) is 19.9 Å². The second kappa shape index (κ2) is 7.01. The summed E-state index contributed by atoms with van der Waals surface area (Å²) in [7, 11) is 0. The largest absolute Gasteiger partial charge is 0.492 e. The SMILES string of the molecule is CCOc1ccc(Cl)cc1NC(C)c1ccc(Cl)c(F)c1. The van der Waals surface area contributed by atoms with E-state index in [9.17, 15) is 4.39 Å². The molecule has 0 aromatic heterocycles. The Morgan fingerprint density at radius 3 is 2.62 bits per heavy atom. The zero-order chi connectivity index (χ0) is 15.4. The van der Waals surface area contributed by atoms with Crippen LogP contribution < -0.4 is 10.1 Å². The van der Waals surface area contributed by atoms with Gasteiger partial charge in [0.05, 0.1) is 17.3 Å². The number of hydrogen-bond donors (Lipinski definition) is 1. The van der Waals surface area contributed by atoms with Gasteiger partial charge in [-0.05, 0) is 49.7 Å². The zero-order valence-corrected chi connectivity index (χ0v) is 13.3. The van der Waals surface area contributed by atoms with Crippen LogP contribution in [0.3, 0.4) is 0 Å². The maximum Gasteiger partial charge on any atom is 0.142 e. The van der Waals surface area contributed by atoms with E-state index in [-0.39, 0.29) is 11.1 Å². The third-order valence-electron chi connectivity index (χ3n) is 3.06. The molecule has 0 saturated heterocycles. The van der Waals surface area contributed by atoms with Crippen LogP contribution >= 0.6 is 23.2 Å². The number of anilines is 1. The van der Waals surface area contributed by atoms with Gasteiger partial charge in [0.25, 0.3) is 0 Å². The number of rotatable bonds is 5. The van der Waals surface area contributed by atoms with Crippen LogP contribution in [0.25, 0.3) is 0 Å². The molecule has 2 rings (SSSR count). The minimum atomic E-state index is -0.432. The topological polar surface area (TPSA) is 21.3 Å². The van der Waals surface area contributed by atoms with Gasteiger partial charge in [-0.25, -0.2) is 4.39 Å². The smallest absolute Gasteiger partial charge is 0.142 e. The maximum absolute atomic E-state index is 13.5. The van der Waals surface area contributed by atoms with Crippen molar-refractivity contribution in [1.29, 1.82) is 0 Å². The van der Waals surface area contributed by atoms with E-state index in [0.717, 1.165) is 11.3 Å². The Kier molecular flexibility index (Phi) is 5.32. The lowest BCUT2D eigenvalue weighted by Crippen LogP contribution is -2.08. The molecule has 0 fully saturated rings. The van der Waals surface area contributed by atoms with Crippen molar-refractivity contribution in [2.24, 2.45) is 0 Å². The van der Waals surface area contributed by atoms with Gasteiger partial charge in [0, 0.05) is 11.1 Å². The molecule has 2 aromatic carbocycles. The Bertz CT molecular complexity index is 634. The quantitative estimate of drug-likeness (QED) is 0.760. The van der Waals surface area contributed by atoms with Crippen molar-refractivity contribution in [3.05, 3.63) is 57.8 Å². The van der Waals surface area contributed by atoms with Gasteiger partial charge in [-0.3, -0.25) is 0 Å². The average Bonchev–Trinajstić information content (AvgIpc) is 2.45. The lowest BCUT2D eigenvalue weighted by molar-refractivity contribution is 0.341. The predicted molar refractivity (Wildman–Crippen MR) is 86.1 cm³/mol. The zero-order valence-electron chi connectivity index (χ0n) is 11.8. The van der Waals surface area contributed by atoms with Crippen LogP contribution in [0.15, 0.2) is 36.4 Å². The van der Waals surface area contributed by atoms with Crippen molar-refractivity contribution in [3.8, 4) is 5.75 Å². The van der Waals surface area contributed by atoms with E-state index < -0.39 is 5.82 Å². The molecule has 21 heavy (non-hydrogen) atoms. The minimum Gasteiger partial charge on any atom is -0.492 e. The summed E-state index contributed by atoms with van der Waals surface area (Å²) < 4.78 is 19.1. The highest BCUT2D eigenvalue weighted by atomic mass is 35.5. The molecule has 0 bridgehead atoms. The number of hydrogen-bond acceptors (Lipinski definition) is 2. The van der Waals surface area contributed by atoms with Crippen molar-refractivity contribution in [2.75, 3.05) is 11.9 Å². The molecule has 0 saturated carbocycles. The first kappa shape index (κ1) is 15.9. The molecule has 1 unspecified atom stereocenters. The molecule has 5 heteroatoms. The van der Waals surface area contributed by atoms with Crippen molar-refractivity contribution < 1.29 is 9.13 Å². The van der Waals surface area contributed by atoms with Crippen molar-refractivity contribution in [2.45, 2.75) is 19.9 Å². The van der Waals surface area contributed by atoms with Gasteiger partial charge in [0.2, 0.25) is 0 Å². The Labute approximate surface area is 133 Å². The van der Waals surface area contributed by atoms with Gasteiger partial charge in [0.1, 0.15) is 11.6 Å². The summed E-state index contributed by atoms with van der Waals surface area (Å²) in [5, 5.41) is 4.00. The molecule has 0 amide bonds. The Balaban J connectivity index is 2.24. The highest BCUT2D eigenvalue weighted by Gasteiger charge is 2.11. The molecule has 0 aliphatic carbocycles. The molecular formula is C16H16Cl2FNO. The summed E-state index contributed by atoms with van der Waals surface area (Å²) in [6.07, 6.45) is 0. The molecule has 0 radical (unpaired) electrons. The Morgan fingerprint density at radius 2 is 1.95 bits per heavy atom. The predicted octanol–water partition coefficient (Wildman–Crippen LogP) is 5.70. The lowest BCUT2D eigenvalue weighted by Gasteiger charge is -2.19. The molecule has 0 heterocycles. The monoisotopic (exact) mass is 327 g/mol.